The standard InChI is InChI=1S/C8H8F3NO2/c1-14-6-2-4(9)7(8(10)11)5(3-13)12-6/h2,8,13H,3H2,1H3. The van der Waals surface area contributed by atoms with Crippen molar-refractivity contribution in [2.45, 2.75) is 13.0 Å². The van der Waals surface area contributed by atoms with E-state index >= 15 is 0 Å². The number of aliphatic hydroxyl groups excluding tert-OH is 1. The van der Waals surface area contributed by atoms with Gasteiger partial charge in [0, 0.05) is 6.07 Å². The predicted octanol–water partition coefficient (Wildman–Crippen LogP) is 1.66. The Bertz CT molecular complexity index is 331. The summed E-state index contributed by atoms with van der Waals surface area (Å²) in [6.07, 6.45) is -3.00. The zero-order valence-electron chi connectivity index (χ0n) is 7.30. The molecule has 1 aromatic rings. The summed E-state index contributed by atoms with van der Waals surface area (Å²) in [6.45, 7) is -0.756. The molecule has 1 rings (SSSR count). The number of hydrogen-bond acceptors (Lipinski definition) is 3. The van der Waals surface area contributed by atoms with E-state index in [4.69, 9.17) is 5.11 Å². The third kappa shape index (κ3) is 1.95. The molecule has 6 heteroatoms. The van der Waals surface area contributed by atoms with Gasteiger partial charge in [-0.2, -0.15) is 0 Å². The molecule has 1 aromatic heterocycles. The lowest BCUT2D eigenvalue weighted by molar-refractivity contribution is 0.140. The number of ether oxygens (including phenoxy) is 1. The molecule has 0 aromatic carbocycles. The fraction of sp³-hybridized carbons (Fsp3) is 0.375. The highest BCUT2D eigenvalue weighted by molar-refractivity contribution is 5.28. The van der Waals surface area contributed by atoms with Gasteiger partial charge in [-0.3, -0.25) is 0 Å². The summed E-state index contributed by atoms with van der Waals surface area (Å²) in [5.41, 5.74) is -1.29. The summed E-state index contributed by atoms with van der Waals surface area (Å²) in [5.74, 6) is -1.27. The molecule has 0 aliphatic rings. The van der Waals surface area contributed by atoms with Crippen LogP contribution in [-0.4, -0.2) is 17.2 Å². The lowest BCUT2D eigenvalue weighted by Gasteiger charge is -2.08. The van der Waals surface area contributed by atoms with E-state index in [2.05, 4.69) is 9.72 Å². The maximum absolute atomic E-state index is 13.0. The van der Waals surface area contributed by atoms with Gasteiger partial charge >= 0.3 is 0 Å². The Kier molecular flexibility index (Phi) is 3.29. The molecule has 0 atom stereocenters. The van der Waals surface area contributed by atoms with Crippen molar-refractivity contribution in [2.24, 2.45) is 0 Å². The Morgan fingerprint density at radius 3 is 2.64 bits per heavy atom. The molecule has 0 radical (unpaired) electrons. The van der Waals surface area contributed by atoms with Gasteiger partial charge in [0.25, 0.3) is 6.43 Å². The molecule has 0 aliphatic heterocycles. The van der Waals surface area contributed by atoms with Crippen LogP contribution < -0.4 is 4.74 Å². The van der Waals surface area contributed by atoms with E-state index in [1.165, 1.54) is 7.11 Å². The normalized spacial score (nSPS) is 10.7. The van der Waals surface area contributed by atoms with Crippen LogP contribution in [0.1, 0.15) is 17.7 Å². The minimum atomic E-state index is -3.00. The molecule has 14 heavy (non-hydrogen) atoms. The van der Waals surface area contributed by atoms with Gasteiger partial charge in [-0.15, -0.1) is 0 Å². The van der Waals surface area contributed by atoms with E-state index < -0.39 is 30.1 Å². The van der Waals surface area contributed by atoms with E-state index in [0.29, 0.717) is 0 Å². The molecule has 0 saturated heterocycles. The van der Waals surface area contributed by atoms with Crippen molar-refractivity contribution in [2.75, 3.05) is 7.11 Å². The monoisotopic (exact) mass is 207 g/mol. The molecule has 0 bridgehead atoms. The molecule has 3 nitrogen and oxygen atoms in total. The SMILES string of the molecule is COc1cc(F)c(C(F)F)c(CO)n1. The van der Waals surface area contributed by atoms with Crippen molar-refractivity contribution in [3.05, 3.63) is 23.1 Å². The Hall–Kier alpha value is -1.30. The summed E-state index contributed by atoms with van der Waals surface area (Å²) in [6, 6.07) is 0.751. The molecule has 78 valence electrons. The van der Waals surface area contributed by atoms with Gasteiger partial charge in [-0.05, 0) is 0 Å². The maximum Gasteiger partial charge on any atom is 0.268 e. The van der Waals surface area contributed by atoms with Crippen LogP contribution in [0.3, 0.4) is 0 Å². The van der Waals surface area contributed by atoms with Crippen LogP contribution in [0.5, 0.6) is 5.88 Å². The number of aliphatic hydroxyl groups is 1. The Morgan fingerprint density at radius 1 is 1.57 bits per heavy atom. The van der Waals surface area contributed by atoms with Gasteiger partial charge in [-0.25, -0.2) is 18.2 Å². The largest absolute Gasteiger partial charge is 0.481 e. The van der Waals surface area contributed by atoms with Gasteiger partial charge in [0.1, 0.15) is 5.82 Å². The first-order valence-corrected chi connectivity index (χ1v) is 3.72. The number of halogens is 3. The van der Waals surface area contributed by atoms with Gasteiger partial charge in [0.05, 0.1) is 25.0 Å². The smallest absolute Gasteiger partial charge is 0.268 e. The van der Waals surface area contributed by atoms with Crippen LogP contribution in [-0.2, 0) is 6.61 Å². The molecule has 1 heterocycles. The van der Waals surface area contributed by atoms with E-state index in [9.17, 15) is 13.2 Å². The molecule has 1 N–H and O–H groups in total. The van der Waals surface area contributed by atoms with Crippen molar-refractivity contribution in [3.8, 4) is 5.88 Å². The molecule has 0 saturated carbocycles. The third-order valence-electron chi connectivity index (χ3n) is 1.64. The van der Waals surface area contributed by atoms with Gasteiger partial charge in [0.15, 0.2) is 0 Å². The number of methoxy groups -OCH3 is 1. The predicted molar refractivity (Wildman–Crippen MR) is 41.6 cm³/mol. The topological polar surface area (TPSA) is 42.4 Å². The Labute approximate surface area is 78.2 Å². The van der Waals surface area contributed by atoms with Crippen LogP contribution in [0, 0.1) is 5.82 Å². The van der Waals surface area contributed by atoms with Crippen molar-refractivity contribution in [1.29, 1.82) is 0 Å². The third-order valence-corrected chi connectivity index (χ3v) is 1.64. The number of pyridine rings is 1. The van der Waals surface area contributed by atoms with Gasteiger partial charge in [-0.1, -0.05) is 0 Å². The fourth-order valence-electron chi connectivity index (χ4n) is 1.00. The Morgan fingerprint density at radius 2 is 2.21 bits per heavy atom. The number of alkyl halides is 2. The van der Waals surface area contributed by atoms with Gasteiger partial charge < -0.3 is 9.84 Å². The second kappa shape index (κ2) is 4.28. The summed E-state index contributed by atoms with van der Waals surface area (Å²) in [4.78, 5) is 3.50. The second-order valence-corrected chi connectivity index (χ2v) is 2.47. The minimum absolute atomic E-state index is 0.143. The molecule has 0 fully saturated rings. The second-order valence-electron chi connectivity index (χ2n) is 2.47. The number of hydrogen-bond donors (Lipinski definition) is 1. The lowest BCUT2D eigenvalue weighted by Crippen LogP contribution is -2.04. The van der Waals surface area contributed by atoms with Crippen LogP contribution in [0.25, 0.3) is 0 Å². The summed E-state index contributed by atoms with van der Waals surface area (Å²) in [7, 11) is 1.23. The van der Waals surface area contributed by atoms with Crippen LogP contribution in [0.4, 0.5) is 13.2 Å². The van der Waals surface area contributed by atoms with E-state index in [-0.39, 0.29) is 5.88 Å². The molecule has 0 spiro atoms. The first-order chi connectivity index (χ1) is 6.60. The fourth-order valence-corrected chi connectivity index (χ4v) is 1.00. The highest BCUT2D eigenvalue weighted by Gasteiger charge is 2.20. The summed E-state index contributed by atoms with van der Waals surface area (Å²) < 4.78 is 42.1. The zero-order chi connectivity index (χ0) is 10.7. The number of rotatable bonds is 3. The Balaban J connectivity index is 3.27. The molecule has 0 aliphatic carbocycles. The summed E-state index contributed by atoms with van der Waals surface area (Å²) in [5, 5.41) is 8.69. The van der Waals surface area contributed by atoms with E-state index in [0.717, 1.165) is 6.07 Å². The zero-order valence-corrected chi connectivity index (χ0v) is 7.30. The van der Waals surface area contributed by atoms with Crippen molar-refractivity contribution >= 4 is 0 Å². The molecule has 0 amide bonds. The minimum Gasteiger partial charge on any atom is -0.481 e. The average molecular weight is 207 g/mol. The quantitative estimate of drug-likeness (QED) is 0.819. The summed E-state index contributed by atoms with van der Waals surface area (Å²) >= 11 is 0. The van der Waals surface area contributed by atoms with Crippen LogP contribution >= 0.6 is 0 Å². The maximum atomic E-state index is 13.0. The number of nitrogens with zero attached hydrogens (tertiary/aromatic N) is 1. The first-order valence-electron chi connectivity index (χ1n) is 3.72. The van der Waals surface area contributed by atoms with E-state index in [1.54, 1.807) is 0 Å². The van der Waals surface area contributed by atoms with E-state index in [1.807, 2.05) is 0 Å². The van der Waals surface area contributed by atoms with Crippen molar-refractivity contribution in [3.63, 3.8) is 0 Å². The average Bonchev–Trinajstić information content (AvgIpc) is 2.15. The molecular weight excluding hydrogens is 199 g/mol. The number of aromatic nitrogens is 1. The van der Waals surface area contributed by atoms with Crippen molar-refractivity contribution in [1.82, 2.24) is 4.98 Å². The molecule has 0 unspecified atom stereocenters. The van der Waals surface area contributed by atoms with Crippen LogP contribution in [0.15, 0.2) is 6.07 Å². The van der Waals surface area contributed by atoms with Crippen LogP contribution in [0.2, 0.25) is 0 Å². The highest BCUT2D eigenvalue weighted by Crippen LogP contribution is 2.27. The molecular formula is C8H8F3NO2. The van der Waals surface area contributed by atoms with Gasteiger partial charge in [0.2, 0.25) is 5.88 Å². The lowest BCUT2D eigenvalue weighted by atomic mass is 10.2. The first kappa shape index (κ1) is 10.8. The van der Waals surface area contributed by atoms with Crippen molar-refractivity contribution < 1.29 is 23.0 Å². The highest BCUT2D eigenvalue weighted by atomic mass is 19.3.